The monoisotopic (exact) mass is 314 g/mol. The summed E-state index contributed by atoms with van der Waals surface area (Å²) in [4.78, 5) is 0. The highest BCUT2D eigenvalue weighted by Crippen LogP contribution is 2.52. The van der Waals surface area contributed by atoms with Crippen molar-refractivity contribution in [1.82, 2.24) is 0 Å². The molecule has 4 heteroatoms. The fraction of sp³-hybridized carbons (Fsp3) is 0.571. The van der Waals surface area contributed by atoms with Gasteiger partial charge in [-0.05, 0) is 53.2 Å². The minimum Gasteiger partial charge on any atom is -0.495 e. The molecule has 18 heavy (non-hydrogen) atoms. The van der Waals surface area contributed by atoms with Crippen molar-refractivity contribution in [2.45, 2.75) is 31.8 Å². The summed E-state index contributed by atoms with van der Waals surface area (Å²) in [5, 5.41) is 10.9. The average molecular weight is 315 g/mol. The first-order chi connectivity index (χ1) is 8.58. The molecule has 1 fully saturated rings. The van der Waals surface area contributed by atoms with Gasteiger partial charge in [-0.1, -0.05) is 6.92 Å². The van der Waals surface area contributed by atoms with Gasteiger partial charge in [0.2, 0.25) is 0 Å². The van der Waals surface area contributed by atoms with E-state index in [1.807, 2.05) is 19.1 Å². The Labute approximate surface area is 116 Å². The van der Waals surface area contributed by atoms with Gasteiger partial charge < -0.3 is 14.6 Å². The quantitative estimate of drug-likeness (QED) is 0.904. The highest BCUT2D eigenvalue weighted by molar-refractivity contribution is 9.10. The third-order valence-electron chi connectivity index (χ3n) is 3.74. The Balaban J connectivity index is 2.53. The zero-order valence-electron chi connectivity index (χ0n) is 11.0. The maximum atomic E-state index is 10.9. The number of aliphatic hydroxyl groups is 1. The number of ether oxygens (including phenoxy) is 2. The average Bonchev–Trinajstić information content (AvgIpc) is 3.22. The van der Waals surface area contributed by atoms with E-state index in [-0.39, 0.29) is 0 Å². The molecule has 1 aromatic rings. The minimum absolute atomic E-state index is 0.344. The lowest BCUT2D eigenvalue weighted by atomic mass is 9.85. The molecule has 3 nitrogen and oxygen atoms in total. The number of hydrogen-bond donors (Lipinski definition) is 1. The highest BCUT2D eigenvalue weighted by Gasteiger charge is 2.45. The number of methoxy groups -OCH3 is 2. The lowest BCUT2D eigenvalue weighted by Gasteiger charge is -2.29. The molecule has 0 saturated heterocycles. The van der Waals surface area contributed by atoms with E-state index in [1.54, 1.807) is 14.2 Å². The van der Waals surface area contributed by atoms with Gasteiger partial charge in [-0.2, -0.15) is 0 Å². The molecule has 0 amide bonds. The molecule has 1 aliphatic rings. The first-order valence-electron chi connectivity index (χ1n) is 6.21. The third-order valence-corrected chi connectivity index (χ3v) is 4.49. The summed E-state index contributed by atoms with van der Waals surface area (Å²) in [6.07, 6.45) is 2.85. The number of benzene rings is 1. The lowest BCUT2D eigenvalue weighted by Crippen LogP contribution is -2.28. The Morgan fingerprint density at radius 2 is 2.00 bits per heavy atom. The molecule has 0 heterocycles. The second-order valence-corrected chi connectivity index (χ2v) is 5.51. The van der Waals surface area contributed by atoms with E-state index < -0.39 is 5.60 Å². The van der Waals surface area contributed by atoms with Crippen LogP contribution in [0.3, 0.4) is 0 Å². The van der Waals surface area contributed by atoms with Gasteiger partial charge in [0, 0.05) is 5.56 Å². The van der Waals surface area contributed by atoms with Gasteiger partial charge in [-0.3, -0.25) is 0 Å². The van der Waals surface area contributed by atoms with Crippen LogP contribution >= 0.6 is 15.9 Å². The molecule has 1 unspecified atom stereocenters. The standard InChI is InChI=1S/C14H19BrO3/c1-4-14(16,9-5-6-9)10-7-8-11(17-2)12(15)13(10)18-3/h7-9,16H,4-6H2,1-3H3. The van der Waals surface area contributed by atoms with Crippen LogP contribution in [-0.2, 0) is 5.60 Å². The van der Waals surface area contributed by atoms with Crippen molar-refractivity contribution in [2.24, 2.45) is 5.92 Å². The molecular formula is C14H19BrO3. The van der Waals surface area contributed by atoms with Crippen molar-refractivity contribution in [3.05, 3.63) is 22.2 Å². The van der Waals surface area contributed by atoms with Crippen LogP contribution in [0.2, 0.25) is 0 Å². The number of rotatable bonds is 5. The van der Waals surface area contributed by atoms with E-state index in [2.05, 4.69) is 15.9 Å². The zero-order valence-corrected chi connectivity index (χ0v) is 12.6. The molecular weight excluding hydrogens is 296 g/mol. The van der Waals surface area contributed by atoms with E-state index in [0.29, 0.717) is 23.8 Å². The smallest absolute Gasteiger partial charge is 0.142 e. The predicted octanol–water partition coefficient (Wildman–Crippen LogP) is 3.47. The fourth-order valence-corrected chi connectivity index (χ4v) is 3.17. The Bertz CT molecular complexity index is 443. The van der Waals surface area contributed by atoms with Crippen LogP contribution < -0.4 is 9.47 Å². The molecule has 0 bridgehead atoms. The lowest BCUT2D eigenvalue weighted by molar-refractivity contribution is 0.00662. The Hall–Kier alpha value is -0.740. The van der Waals surface area contributed by atoms with E-state index >= 15 is 0 Å². The molecule has 0 radical (unpaired) electrons. The molecule has 0 aliphatic heterocycles. The van der Waals surface area contributed by atoms with Crippen LogP contribution in [0.1, 0.15) is 31.7 Å². The van der Waals surface area contributed by atoms with Crippen molar-refractivity contribution in [1.29, 1.82) is 0 Å². The summed E-state index contributed by atoms with van der Waals surface area (Å²) in [6, 6.07) is 3.77. The Morgan fingerprint density at radius 3 is 2.44 bits per heavy atom. The van der Waals surface area contributed by atoms with Gasteiger partial charge in [0.25, 0.3) is 0 Å². The second-order valence-electron chi connectivity index (χ2n) is 4.71. The van der Waals surface area contributed by atoms with Crippen molar-refractivity contribution in [3.63, 3.8) is 0 Å². The van der Waals surface area contributed by atoms with E-state index in [4.69, 9.17) is 9.47 Å². The predicted molar refractivity (Wildman–Crippen MR) is 74.2 cm³/mol. The summed E-state index contributed by atoms with van der Waals surface area (Å²) in [5.74, 6) is 1.73. The summed E-state index contributed by atoms with van der Waals surface area (Å²) in [5.41, 5.74) is 0.0582. The van der Waals surface area contributed by atoms with Crippen molar-refractivity contribution in [2.75, 3.05) is 14.2 Å². The molecule has 2 rings (SSSR count). The van der Waals surface area contributed by atoms with Gasteiger partial charge in [0.15, 0.2) is 0 Å². The summed E-state index contributed by atoms with van der Waals surface area (Å²) in [7, 11) is 3.23. The molecule has 1 atom stereocenters. The molecule has 0 spiro atoms. The molecule has 0 aromatic heterocycles. The van der Waals surface area contributed by atoms with Crippen LogP contribution in [0.4, 0.5) is 0 Å². The maximum Gasteiger partial charge on any atom is 0.142 e. The highest BCUT2D eigenvalue weighted by atomic mass is 79.9. The normalized spacial score (nSPS) is 18.3. The fourth-order valence-electron chi connectivity index (χ4n) is 2.50. The summed E-state index contributed by atoms with van der Waals surface area (Å²) >= 11 is 3.48. The molecule has 100 valence electrons. The van der Waals surface area contributed by atoms with E-state index in [1.165, 1.54) is 0 Å². The summed E-state index contributed by atoms with van der Waals surface area (Å²) < 4.78 is 11.5. The van der Waals surface area contributed by atoms with Gasteiger partial charge in [0.05, 0.1) is 19.8 Å². The van der Waals surface area contributed by atoms with Crippen LogP contribution in [0, 0.1) is 5.92 Å². The Kier molecular flexibility index (Phi) is 3.87. The minimum atomic E-state index is -0.792. The SMILES string of the molecule is CCC(O)(c1ccc(OC)c(Br)c1OC)C1CC1. The van der Waals surface area contributed by atoms with Gasteiger partial charge in [-0.25, -0.2) is 0 Å². The third kappa shape index (κ3) is 2.12. The van der Waals surface area contributed by atoms with E-state index in [0.717, 1.165) is 22.9 Å². The van der Waals surface area contributed by atoms with Crippen molar-refractivity contribution in [3.8, 4) is 11.5 Å². The largest absolute Gasteiger partial charge is 0.495 e. The van der Waals surface area contributed by atoms with Gasteiger partial charge in [-0.15, -0.1) is 0 Å². The zero-order chi connectivity index (χ0) is 13.3. The molecule has 1 saturated carbocycles. The summed E-state index contributed by atoms with van der Waals surface area (Å²) in [6.45, 7) is 2.01. The number of hydrogen-bond acceptors (Lipinski definition) is 3. The van der Waals surface area contributed by atoms with Crippen molar-refractivity contribution < 1.29 is 14.6 Å². The Morgan fingerprint density at radius 1 is 1.33 bits per heavy atom. The topological polar surface area (TPSA) is 38.7 Å². The maximum absolute atomic E-state index is 10.9. The number of halogens is 1. The van der Waals surface area contributed by atoms with Crippen LogP contribution in [0.25, 0.3) is 0 Å². The first-order valence-corrected chi connectivity index (χ1v) is 7.01. The second kappa shape index (κ2) is 5.10. The first kappa shape index (κ1) is 13.7. The van der Waals surface area contributed by atoms with Crippen molar-refractivity contribution >= 4 is 15.9 Å². The van der Waals surface area contributed by atoms with Crippen LogP contribution in [0.5, 0.6) is 11.5 Å². The van der Waals surface area contributed by atoms with Crippen LogP contribution in [0.15, 0.2) is 16.6 Å². The molecule has 1 aromatic carbocycles. The van der Waals surface area contributed by atoms with Gasteiger partial charge >= 0.3 is 0 Å². The van der Waals surface area contributed by atoms with Crippen LogP contribution in [-0.4, -0.2) is 19.3 Å². The molecule has 1 aliphatic carbocycles. The van der Waals surface area contributed by atoms with Gasteiger partial charge in [0.1, 0.15) is 16.0 Å². The van der Waals surface area contributed by atoms with E-state index in [9.17, 15) is 5.11 Å². The molecule has 1 N–H and O–H groups in total.